The normalized spacial score (nSPS) is 14.2. The summed E-state index contributed by atoms with van der Waals surface area (Å²) in [5.41, 5.74) is -3.13. The standard InChI is InChI=1S/C20H20FNO5/c1-14(2)27-19(24)20(21,18(23)16-11-7-4-8-12-16)17(13-22(25)26)15-9-5-3-6-10-15/h3-12,14,17H,13H2,1-2H3/t17-,20-/m0/s1. The van der Waals surface area contributed by atoms with Crippen molar-refractivity contribution in [3.63, 3.8) is 0 Å². The average Bonchev–Trinajstić information content (AvgIpc) is 2.65. The second-order valence-corrected chi connectivity index (χ2v) is 6.34. The molecular weight excluding hydrogens is 353 g/mol. The van der Waals surface area contributed by atoms with Crippen molar-refractivity contribution in [2.45, 2.75) is 31.5 Å². The molecule has 0 N–H and O–H groups in total. The molecule has 0 saturated heterocycles. The average molecular weight is 373 g/mol. The van der Waals surface area contributed by atoms with Crippen molar-refractivity contribution in [2.75, 3.05) is 6.54 Å². The van der Waals surface area contributed by atoms with Crippen LogP contribution < -0.4 is 0 Å². The lowest BCUT2D eigenvalue weighted by molar-refractivity contribution is -0.485. The summed E-state index contributed by atoms with van der Waals surface area (Å²) in [5, 5.41) is 11.2. The molecule has 0 heterocycles. The molecule has 0 spiro atoms. The fourth-order valence-corrected chi connectivity index (χ4v) is 2.79. The van der Waals surface area contributed by atoms with Crippen LogP contribution in [0.15, 0.2) is 60.7 Å². The minimum Gasteiger partial charge on any atom is -0.460 e. The predicted octanol–water partition coefficient (Wildman–Crippen LogP) is 3.59. The summed E-state index contributed by atoms with van der Waals surface area (Å²) < 4.78 is 21.2. The highest BCUT2D eigenvalue weighted by atomic mass is 19.1. The van der Waals surface area contributed by atoms with E-state index >= 15 is 4.39 Å². The lowest BCUT2D eigenvalue weighted by atomic mass is 9.78. The molecule has 2 aromatic rings. The number of Topliss-reactive ketones (excluding diaryl/α,β-unsaturated/α-hetero) is 1. The number of carbonyl (C=O) groups excluding carboxylic acids is 2. The van der Waals surface area contributed by atoms with Crippen molar-refractivity contribution in [2.24, 2.45) is 0 Å². The van der Waals surface area contributed by atoms with Crippen molar-refractivity contribution < 1.29 is 23.6 Å². The topological polar surface area (TPSA) is 86.5 Å². The number of benzene rings is 2. The van der Waals surface area contributed by atoms with E-state index in [2.05, 4.69) is 0 Å². The van der Waals surface area contributed by atoms with E-state index in [4.69, 9.17) is 4.74 Å². The van der Waals surface area contributed by atoms with Gasteiger partial charge in [-0.05, 0) is 19.4 Å². The Balaban J connectivity index is 2.62. The number of hydrogen-bond donors (Lipinski definition) is 0. The fraction of sp³-hybridized carbons (Fsp3) is 0.300. The molecule has 0 aliphatic heterocycles. The maximum absolute atomic E-state index is 16.2. The molecule has 0 fully saturated rings. The number of rotatable bonds is 8. The Kier molecular flexibility index (Phi) is 6.39. The number of ketones is 1. The van der Waals surface area contributed by atoms with Crippen LogP contribution in [0.3, 0.4) is 0 Å². The fourth-order valence-electron chi connectivity index (χ4n) is 2.79. The quantitative estimate of drug-likeness (QED) is 0.232. The molecule has 0 amide bonds. The molecule has 0 unspecified atom stereocenters. The van der Waals surface area contributed by atoms with Crippen LogP contribution in [0.5, 0.6) is 0 Å². The van der Waals surface area contributed by atoms with Gasteiger partial charge in [0.15, 0.2) is 0 Å². The van der Waals surface area contributed by atoms with E-state index in [0.29, 0.717) is 0 Å². The van der Waals surface area contributed by atoms with E-state index in [1.165, 1.54) is 50.2 Å². The van der Waals surface area contributed by atoms with E-state index in [1.54, 1.807) is 24.3 Å². The first-order valence-corrected chi connectivity index (χ1v) is 8.43. The van der Waals surface area contributed by atoms with Gasteiger partial charge in [-0.3, -0.25) is 14.9 Å². The van der Waals surface area contributed by atoms with Crippen molar-refractivity contribution in [3.8, 4) is 0 Å². The lowest BCUT2D eigenvalue weighted by Gasteiger charge is -2.29. The van der Waals surface area contributed by atoms with Gasteiger partial charge in [-0.2, -0.15) is 0 Å². The second-order valence-electron chi connectivity index (χ2n) is 6.34. The zero-order chi connectivity index (χ0) is 20.0. The zero-order valence-electron chi connectivity index (χ0n) is 15.0. The number of nitro groups is 1. The molecule has 0 aliphatic rings. The number of esters is 1. The maximum Gasteiger partial charge on any atom is 0.353 e. The van der Waals surface area contributed by atoms with Crippen LogP contribution in [-0.4, -0.2) is 35.0 Å². The van der Waals surface area contributed by atoms with Gasteiger partial charge in [-0.1, -0.05) is 60.7 Å². The highest BCUT2D eigenvalue weighted by Gasteiger charge is 2.57. The van der Waals surface area contributed by atoms with Crippen molar-refractivity contribution in [3.05, 3.63) is 81.9 Å². The van der Waals surface area contributed by atoms with Crippen LogP contribution in [-0.2, 0) is 9.53 Å². The monoisotopic (exact) mass is 373 g/mol. The molecule has 0 radical (unpaired) electrons. The van der Waals surface area contributed by atoms with E-state index in [0.717, 1.165) is 0 Å². The first-order chi connectivity index (χ1) is 12.8. The molecule has 0 aliphatic carbocycles. The van der Waals surface area contributed by atoms with Crippen molar-refractivity contribution in [1.82, 2.24) is 0 Å². The molecule has 0 aromatic heterocycles. The molecule has 2 rings (SSSR count). The third-order valence-electron chi connectivity index (χ3n) is 4.02. The molecule has 6 nitrogen and oxygen atoms in total. The Bertz CT molecular complexity index is 810. The predicted molar refractivity (Wildman–Crippen MR) is 96.9 cm³/mol. The highest BCUT2D eigenvalue weighted by molar-refractivity contribution is 6.16. The third kappa shape index (κ3) is 4.55. The van der Waals surface area contributed by atoms with E-state index < -0.39 is 40.9 Å². The SMILES string of the molecule is CC(C)OC(=O)[C@@](F)(C(=O)c1ccccc1)[C@@H](C[N+](=O)[O-])c1ccccc1. The molecule has 142 valence electrons. The first kappa shape index (κ1) is 20.2. The van der Waals surface area contributed by atoms with Crippen molar-refractivity contribution >= 4 is 11.8 Å². The van der Waals surface area contributed by atoms with Gasteiger partial charge in [0.25, 0.3) is 5.67 Å². The summed E-state index contributed by atoms with van der Waals surface area (Å²) in [6.45, 7) is 2.08. The zero-order valence-corrected chi connectivity index (χ0v) is 15.0. The number of ether oxygens (including phenoxy) is 1. The number of nitrogens with zero attached hydrogens (tertiary/aromatic N) is 1. The minimum atomic E-state index is -3.24. The third-order valence-corrected chi connectivity index (χ3v) is 4.02. The Labute approximate surface area is 156 Å². The Morgan fingerprint density at radius 2 is 1.59 bits per heavy atom. The molecule has 2 aromatic carbocycles. The number of carbonyl (C=O) groups is 2. The summed E-state index contributed by atoms with van der Waals surface area (Å²) in [5.74, 6) is -4.22. The first-order valence-electron chi connectivity index (χ1n) is 8.43. The maximum atomic E-state index is 16.2. The Hall–Kier alpha value is -3.09. The van der Waals surface area contributed by atoms with E-state index in [-0.39, 0.29) is 11.1 Å². The molecule has 27 heavy (non-hydrogen) atoms. The number of alkyl halides is 1. The molecule has 0 bridgehead atoms. The van der Waals surface area contributed by atoms with Crippen LogP contribution >= 0.6 is 0 Å². The lowest BCUT2D eigenvalue weighted by Crippen LogP contribution is -2.51. The van der Waals surface area contributed by atoms with Gasteiger partial charge in [0.2, 0.25) is 12.3 Å². The molecule has 7 heteroatoms. The second kappa shape index (κ2) is 8.53. The minimum absolute atomic E-state index is 0.0648. The van der Waals surface area contributed by atoms with Gasteiger partial charge in [-0.15, -0.1) is 0 Å². The summed E-state index contributed by atoms with van der Waals surface area (Å²) in [6.07, 6.45) is -0.691. The van der Waals surface area contributed by atoms with Crippen LogP contribution in [0.2, 0.25) is 0 Å². The van der Waals surface area contributed by atoms with Crippen LogP contribution in [0.1, 0.15) is 35.7 Å². The summed E-state index contributed by atoms with van der Waals surface area (Å²) >= 11 is 0. The number of halogens is 1. The van der Waals surface area contributed by atoms with E-state index in [9.17, 15) is 19.7 Å². The van der Waals surface area contributed by atoms with Gasteiger partial charge < -0.3 is 4.74 Å². The molecule has 0 saturated carbocycles. The van der Waals surface area contributed by atoms with Crippen molar-refractivity contribution in [1.29, 1.82) is 0 Å². The summed E-state index contributed by atoms with van der Waals surface area (Å²) in [6, 6.07) is 15.0. The Morgan fingerprint density at radius 1 is 1.07 bits per heavy atom. The van der Waals surface area contributed by atoms with Crippen LogP contribution in [0.4, 0.5) is 4.39 Å². The Morgan fingerprint density at radius 3 is 2.07 bits per heavy atom. The van der Waals surface area contributed by atoms with Gasteiger partial charge in [-0.25, -0.2) is 9.18 Å². The summed E-state index contributed by atoms with van der Waals surface area (Å²) in [7, 11) is 0. The largest absolute Gasteiger partial charge is 0.460 e. The molecule has 2 atom stereocenters. The summed E-state index contributed by atoms with van der Waals surface area (Å²) in [4.78, 5) is 36.1. The highest BCUT2D eigenvalue weighted by Crippen LogP contribution is 2.37. The number of hydrogen-bond acceptors (Lipinski definition) is 5. The smallest absolute Gasteiger partial charge is 0.353 e. The molecular formula is C20H20FNO5. The van der Waals surface area contributed by atoms with Crippen LogP contribution in [0.25, 0.3) is 0 Å². The van der Waals surface area contributed by atoms with Gasteiger partial charge >= 0.3 is 5.97 Å². The van der Waals surface area contributed by atoms with Gasteiger partial charge in [0, 0.05) is 10.5 Å². The van der Waals surface area contributed by atoms with Gasteiger partial charge in [0.1, 0.15) is 5.92 Å². The van der Waals surface area contributed by atoms with E-state index in [1.807, 2.05) is 0 Å². The van der Waals surface area contributed by atoms with Crippen LogP contribution in [0, 0.1) is 10.1 Å². The van der Waals surface area contributed by atoms with Gasteiger partial charge in [0.05, 0.1) is 6.10 Å².